The van der Waals surface area contributed by atoms with E-state index in [2.05, 4.69) is 11.9 Å². The molecule has 3 aromatic rings. The number of phenolic OH excluding ortho intramolecular Hbond substituents is 1. The van der Waals surface area contributed by atoms with E-state index in [0.717, 1.165) is 11.3 Å². The smallest absolute Gasteiger partial charge is 0.291 e. The zero-order chi connectivity index (χ0) is 18.4. The molecule has 0 unspecified atom stereocenters. The number of hydrogen-bond donors (Lipinski definition) is 2. The fourth-order valence-corrected chi connectivity index (χ4v) is 2.47. The van der Waals surface area contributed by atoms with E-state index in [0.29, 0.717) is 17.9 Å². The molecule has 0 saturated carbocycles. The predicted molar refractivity (Wildman–Crippen MR) is 99.4 cm³/mol. The molecule has 5 heteroatoms. The minimum absolute atomic E-state index is 0.0783. The van der Waals surface area contributed by atoms with Crippen molar-refractivity contribution in [3.63, 3.8) is 0 Å². The summed E-state index contributed by atoms with van der Waals surface area (Å²) in [5.74, 6) is 1.16. The van der Waals surface area contributed by atoms with Gasteiger partial charge in [0.05, 0.1) is 0 Å². The summed E-state index contributed by atoms with van der Waals surface area (Å²) in [6.07, 6.45) is 2.53. The Bertz CT molecular complexity index is 914. The summed E-state index contributed by atoms with van der Waals surface area (Å²) in [7, 11) is 0. The van der Waals surface area contributed by atoms with Gasteiger partial charge < -0.3 is 19.6 Å². The number of ether oxygens (including phenoxy) is 1. The molecular formula is C21H19NO4. The summed E-state index contributed by atoms with van der Waals surface area (Å²) >= 11 is 0. The highest BCUT2D eigenvalue weighted by Crippen LogP contribution is 2.21. The van der Waals surface area contributed by atoms with Gasteiger partial charge in [-0.15, -0.1) is 6.58 Å². The highest BCUT2D eigenvalue weighted by atomic mass is 16.5. The van der Waals surface area contributed by atoms with Crippen molar-refractivity contribution in [1.29, 1.82) is 0 Å². The van der Waals surface area contributed by atoms with Crippen LogP contribution in [0.25, 0.3) is 0 Å². The average Bonchev–Trinajstić information content (AvgIpc) is 3.10. The van der Waals surface area contributed by atoms with Crippen LogP contribution in [-0.2, 0) is 13.0 Å². The third-order valence-electron chi connectivity index (χ3n) is 3.70. The number of nitrogens with one attached hydrogen (secondary N) is 1. The topological polar surface area (TPSA) is 71.7 Å². The second kappa shape index (κ2) is 8.07. The van der Waals surface area contributed by atoms with Crippen LogP contribution in [-0.4, -0.2) is 11.0 Å². The third kappa shape index (κ3) is 4.33. The number of amides is 1. The monoisotopic (exact) mass is 349 g/mol. The van der Waals surface area contributed by atoms with Crippen LogP contribution in [0.2, 0.25) is 0 Å². The summed E-state index contributed by atoms with van der Waals surface area (Å²) in [4.78, 5) is 12.2. The summed E-state index contributed by atoms with van der Waals surface area (Å²) in [6.45, 7) is 3.96. The zero-order valence-corrected chi connectivity index (χ0v) is 14.1. The Hall–Kier alpha value is -3.47. The van der Waals surface area contributed by atoms with Gasteiger partial charge in [-0.05, 0) is 42.3 Å². The van der Waals surface area contributed by atoms with Gasteiger partial charge >= 0.3 is 0 Å². The number of carbonyl (C=O) groups is 1. The van der Waals surface area contributed by atoms with Crippen molar-refractivity contribution in [3.8, 4) is 11.5 Å². The maximum atomic E-state index is 12.2. The molecular weight excluding hydrogens is 330 g/mol. The third-order valence-corrected chi connectivity index (χ3v) is 3.70. The zero-order valence-electron chi connectivity index (χ0n) is 14.1. The molecule has 0 fully saturated rings. The molecule has 5 nitrogen and oxygen atoms in total. The highest BCUT2D eigenvalue weighted by molar-refractivity contribution is 6.02. The number of para-hydroxylation sites is 1. The lowest BCUT2D eigenvalue weighted by Gasteiger charge is -2.09. The molecule has 0 bridgehead atoms. The van der Waals surface area contributed by atoms with E-state index in [1.165, 1.54) is 12.1 Å². The van der Waals surface area contributed by atoms with E-state index in [9.17, 15) is 9.90 Å². The van der Waals surface area contributed by atoms with Crippen LogP contribution in [0, 0.1) is 0 Å². The van der Waals surface area contributed by atoms with Gasteiger partial charge in [-0.25, -0.2) is 0 Å². The van der Waals surface area contributed by atoms with Gasteiger partial charge in [-0.1, -0.05) is 30.3 Å². The van der Waals surface area contributed by atoms with E-state index in [4.69, 9.17) is 9.15 Å². The maximum Gasteiger partial charge on any atom is 0.291 e. The number of allylic oxidation sites excluding steroid dienone is 1. The summed E-state index contributed by atoms with van der Waals surface area (Å²) in [5.41, 5.74) is 1.53. The van der Waals surface area contributed by atoms with E-state index >= 15 is 0 Å². The fourth-order valence-electron chi connectivity index (χ4n) is 2.47. The van der Waals surface area contributed by atoms with Crippen molar-refractivity contribution in [2.75, 3.05) is 5.32 Å². The molecule has 1 heterocycles. The molecule has 26 heavy (non-hydrogen) atoms. The van der Waals surface area contributed by atoms with Gasteiger partial charge in [0.1, 0.15) is 23.9 Å². The molecule has 0 aliphatic heterocycles. The van der Waals surface area contributed by atoms with E-state index in [-0.39, 0.29) is 18.1 Å². The first-order chi connectivity index (χ1) is 12.7. The minimum atomic E-state index is -0.395. The number of aromatic hydroxyl groups is 1. The summed E-state index contributed by atoms with van der Waals surface area (Å²) < 4.78 is 11.3. The van der Waals surface area contributed by atoms with E-state index in [1.807, 2.05) is 30.3 Å². The van der Waals surface area contributed by atoms with Gasteiger partial charge in [0.15, 0.2) is 5.76 Å². The second-order valence-electron chi connectivity index (χ2n) is 5.66. The van der Waals surface area contributed by atoms with Crippen molar-refractivity contribution in [2.24, 2.45) is 0 Å². The molecule has 0 saturated heterocycles. The number of carbonyl (C=O) groups excluding carboxylic acids is 1. The number of benzene rings is 2. The van der Waals surface area contributed by atoms with Gasteiger partial charge in [-0.2, -0.15) is 0 Å². The quantitative estimate of drug-likeness (QED) is 0.614. The number of hydrogen-bond acceptors (Lipinski definition) is 4. The summed E-state index contributed by atoms with van der Waals surface area (Å²) in [5, 5.41) is 12.1. The number of furan rings is 1. The van der Waals surface area contributed by atoms with Crippen LogP contribution < -0.4 is 10.1 Å². The molecule has 0 atom stereocenters. The molecule has 2 aromatic carbocycles. The average molecular weight is 349 g/mol. The first-order valence-corrected chi connectivity index (χ1v) is 8.16. The molecule has 3 rings (SSSR count). The predicted octanol–water partition coefficient (Wildman–Crippen LogP) is 4.55. The fraction of sp³-hybridized carbons (Fsp3) is 0.0952. The van der Waals surface area contributed by atoms with E-state index < -0.39 is 5.91 Å². The minimum Gasteiger partial charge on any atom is -0.508 e. The summed E-state index contributed by atoms with van der Waals surface area (Å²) in [6, 6.07) is 17.3. The lowest BCUT2D eigenvalue weighted by Crippen LogP contribution is -2.10. The SMILES string of the molecule is C=CCc1ccccc1OCc1ccc(C(=O)Nc2cccc(O)c2)o1. The Balaban J connectivity index is 1.63. The first kappa shape index (κ1) is 17.4. The van der Waals surface area contributed by atoms with Crippen LogP contribution in [0.5, 0.6) is 11.5 Å². The molecule has 0 aliphatic rings. The highest BCUT2D eigenvalue weighted by Gasteiger charge is 2.12. The van der Waals surface area contributed by atoms with Crippen molar-refractivity contribution in [3.05, 3.63) is 90.4 Å². The standard InChI is InChI=1S/C21H19NO4/c1-2-6-15-7-3-4-10-19(15)25-14-18-11-12-20(26-18)21(24)22-16-8-5-9-17(23)13-16/h2-5,7-13,23H,1,6,14H2,(H,22,24). The van der Waals surface area contributed by atoms with Crippen molar-refractivity contribution >= 4 is 11.6 Å². The Morgan fingerprint density at radius 3 is 2.81 bits per heavy atom. The molecule has 0 spiro atoms. The van der Waals surface area contributed by atoms with Crippen LogP contribution in [0.3, 0.4) is 0 Å². The van der Waals surface area contributed by atoms with Gasteiger partial charge in [0.2, 0.25) is 0 Å². The lowest BCUT2D eigenvalue weighted by molar-refractivity contribution is 0.0992. The number of rotatable bonds is 7. The van der Waals surface area contributed by atoms with Crippen LogP contribution in [0.15, 0.2) is 77.7 Å². The molecule has 0 radical (unpaired) electrons. The first-order valence-electron chi connectivity index (χ1n) is 8.16. The normalized spacial score (nSPS) is 10.3. The molecule has 1 aromatic heterocycles. The Labute approximate surface area is 151 Å². The molecule has 1 amide bonds. The maximum absolute atomic E-state index is 12.2. The number of anilines is 1. The largest absolute Gasteiger partial charge is 0.508 e. The van der Waals surface area contributed by atoms with Crippen LogP contribution in [0.1, 0.15) is 21.9 Å². The van der Waals surface area contributed by atoms with Gasteiger partial charge in [0, 0.05) is 11.8 Å². The van der Waals surface area contributed by atoms with E-state index in [1.54, 1.807) is 24.3 Å². The second-order valence-corrected chi connectivity index (χ2v) is 5.66. The van der Waals surface area contributed by atoms with Crippen molar-refractivity contribution in [2.45, 2.75) is 13.0 Å². The van der Waals surface area contributed by atoms with Gasteiger partial charge in [-0.3, -0.25) is 4.79 Å². The van der Waals surface area contributed by atoms with Crippen molar-refractivity contribution in [1.82, 2.24) is 0 Å². The number of phenols is 1. The molecule has 2 N–H and O–H groups in total. The Morgan fingerprint density at radius 1 is 1.15 bits per heavy atom. The van der Waals surface area contributed by atoms with Crippen molar-refractivity contribution < 1.29 is 19.1 Å². The molecule has 0 aliphatic carbocycles. The Morgan fingerprint density at radius 2 is 2.00 bits per heavy atom. The van der Waals surface area contributed by atoms with Crippen LogP contribution in [0.4, 0.5) is 5.69 Å². The van der Waals surface area contributed by atoms with Crippen LogP contribution >= 0.6 is 0 Å². The van der Waals surface area contributed by atoms with Gasteiger partial charge in [0.25, 0.3) is 5.91 Å². The Kier molecular flexibility index (Phi) is 5.39. The molecule has 132 valence electrons. The lowest BCUT2D eigenvalue weighted by atomic mass is 10.1.